The molecule has 1 aliphatic rings. The normalized spacial score (nSPS) is 22.8. The second kappa shape index (κ2) is 7.62. The Balaban J connectivity index is 2.59. The molecular formula is C17H30N2O2. The number of likely N-dealkylation sites (tertiary alicyclic amines) is 1. The minimum Gasteiger partial charge on any atom is -0.353 e. The van der Waals surface area contributed by atoms with Crippen LogP contribution in [0.4, 0.5) is 0 Å². The Morgan fingerprint density at radius 2 is 2.00 bits per heavy atom. The van der Waals surface area contributed by atoms with Crippen molar-refractivity contribution in [2.24, 2.45) is 17.3 Å². The van der Waals surface area contributed by atoms with Crippen molar-refractivity contribution in [3.05, 3.63) is 12.7 Å². The minimum atomic E-state index is -0.327. The Bertz CT molecular complexity index is 385. The lowest BCUT2D eigenvalue weighted by molar-refractivity contribution is -0.142. The Labute approximate surface area is 129 Å². The zero-order chi connectivity index (χ0) is 16.0. The van der Waals surface area contributed by atoms with E-state index in [2.05, 4.69) is 18.8 Å². The summed E-state index contributed by atoms with van der Waals surface area (Å²) in [4.78, 5) is 26.2. The van der Waals surface area contributed by atoms with Crippen LogP contribution < -0.4 is 5.32 Å². The third-order valence-electron chi connectivity index (χ3n) is 4.24. The van der Waals surface area contributed by atoms with Crippen molar-refractivity contribution in [1.29, 1.82) is 0 Å². The van der Waals surface area contributed by atoms with Crippen LogP contribution in [-0.4, -0.2) is 36.3 Å². The van der Waals surface area contributed by atoms with Crippen LogP contribution in [0.3, 0.4) is 0 Å². The molecular weight excluding hydrogens is 264 g/mol. The Morgan fingerprint density at radius 1 is 1.33 bits per heavy atom. The van der Waals surface area contributed by atoms with Gasteiger partial charge in [0.2, 0.25) is 11.8 Å². The second-order valence-electron chi connectivity index (χ2n) is 7.02. The molecule has 1 aliphatic heterocycles. The molecule has 4 heteroatoms. The van der Waals surface area contributed by atoms with Crippen LogP contribution in [0.25, 0.3) is 0 Å². The van der Waals surface area contributed by atoms with Gasteiger partial charge in [0.05, 0.1) is 0 Å². The first-order chi connectivity index (χ1) is 9.79. The number of rotatable bonds is 5. The van der Waals surface area contributed by atoms with Crippen LogP contribution >= 0.6 is 0 Å². The van der Waals surface area contributed by atoms with Crippen LogP contribution in [0.2, 0.25) is 0 Å². The monoisotopic (exact) mass is 294 g/mol. The molecule has 0 aliphatic carbocycles. The van der Waals surface area contributed by atoms with Crippen molar-refractivity contribution >= 4 is 11.8 Å². The molecule has 21 heavy (non-hydrogen) atoms. The van der Waals surface area contributed by atoms with Gasteiger partial charge in [0.25, 0.3) is 0 Å². The first-order valence-corrected chi connectivity index (χ1v) is 7.96. The zero-order valence-corrected chi connectivity index (χ0v) is 13.9. The Morgan fingerprint density at radius 3 is 2.52 bits per heavy atom. The summed E-state index contributed by atoms with van der Waals surface area (Å²) >= 11 is 0. The molecule has 1 saturated heterocycles. The molecule has 0 aromatic heterocycles. The molecule has 2 amide bonds. The van der Waals surface area contributed by atoms with Crippen molar-refractivity contribution in [2.45, 2.75) is 47.0 Å². The third kappa shape index (κ3) is 5.18. The van der Waals surface area contributed by atoms with Crippen LogP contribution in [-0.2, 0) is 9.59 Å². The number of carbonyl (C=O) groups is 2. The predicted octanol–water partition coefficient (Wildman–Crippen LogP) is 2.60. The molecule has 0 spiro atoms. The van der Waals surface area contributed by atoms with Gasteiger partial charge in [0.1, 0.15) is 0 Å². The van der Waals surface area contributed by atoms with E-state index >= 15 is 0 Å². The molecule has 0 bridgehead atoms. The molecule has 1 fully saturated rings. The maximum atomic E-state index is 12.4. The average molecular weight is 294 g/mol. The lowest BCUT2D eigenvalue weighted by atomic mass is 9.80. The number of nitrogens with zero attached hydrogens (tertiary/aromatic N) is 1. The number of hydrogen-bond donors (Lipinski definition) is 1. The third-order valence-corrected chi connectivity index (χ3v) is 4.24. The summed E-state index contributed by atoms with van der Waals surface area (Å²) in [5.74, 6) is 1.10. The molecule has 0 unspecified atom stereocenters. The molecule has 0 radical (unpaired) electrons. The van der Waals surface area contributed by atoms with E-state index in [-0.39, 0.29) is 17.2 Å². The average Bonchev–Trinajstić information content (AvgIpc) is 2.43. The molecule has 1 heterocycles. The summed E-state index contributed by atoms with van der Waals surface area (Å²) in [6, 6.07) is 0. The van der Waals surface area contributed by atoms with Crippen molar-refractivity contribution in [1.82, 2.24) is 10.2 Å². The highest BCUT2D eigenvalue weighted by Gasteiger charge is 2.35. The summed E-state index contributed by atoms with van der Waals surface area (Å²) in [5.41, 5.74) is -0.327. The fraction of sp³-hybridized carbons (Fsp3) is 0.765. The van der Waals surface area contributed by atoms with Gasteiger partial charge in [0, 0.05) is 31.5 Å². The molecule has 120 valence electrons. The number of amides is 2. The van der Waals surface area contributed by atoms with E-state index in [1.807, 2.05) is 25.7 Å². The van der Waals surface area contributed by atoms with Gasteiger partial charge in [-0.1, -0.05) is 40.2 Å². The summed E-state index contributed by atoms with van der Waals surface area (Å²) in [5, 5.41) is 2.84. The van der Waals surface area contributed by atoms with Crippen LogP contribution in [0.5, 0.6) is 0 Å². The largest absolute Gasteiger partial charge is 0.353 e. The van der Waals surface area contributed by atoms with Crippen LogP contribution in [0, 0.1) is 17.3 Å². The Hall–Kier alpha value is -1.32. The second-order valence-corrected chi connectivity index (χ2v) is 7.02. The highest BCUT2D eigenvalue weighted by molar-refractivity contribution is 5.81. The zero-order valence-electron chi connectivity index (χ0n) is 13.9. The first kappa shape index (κ1) is 17.7. The quantitative estimate of drug-likeness (QED) is 0.792. The summed E-state index contributed by atoms with van der Waals surface area (Å²) in [6.45, 7) is 13.7. The predicted molar refractivity (Wildman–Crippen MR) is 85.7 cm³/mol. The van der Waals surface area contributed by atoms with Crippen molar-refractivity contribution in [2.75, 3.05) is 19.6 Å². The fourth-order valence-electron chi connectivity index (χ4n) is 2.97. The molecule has 0 aromatic rings. The van der Waals surface area contributed by atoms with Crippen molar-refractivity contribution < 1.29 is 9.59 Å². The number of piperidine rings is 1. The van der Waals surface area contributed by atoms with E-state index < -0.39 is 0 Å². The maximum Gasteiger partial charge on any atom is 0.227 e. The summed E-state index contributed by atoms with van der Waals surface area (Å²) in [7, 11) is 0. The molecule has 0 aromatic carbocycles. The standard InChI is InChI=1S/C17H30N2O2/c1-6-9-18-15(20)11-14-8-10-19(12-13(14)7-2)16(21)17(3,4)5/h6,13-14H,1,7-12H2,2-5H3,(H,18,20)/t13-,14-/m0/s1. The molecule has 2 atom stereocenters. The van der Waals surface area contributed by atoms with E-state index in [1.165, 1.54) is 0 Å². The van der Waals surface area contributed by atoms with Gasteiger partial charge >= 0.3 is 0 Å². The van der Waals surface area contributed by atoms with Gasteiger partial charge < -0.3 is 10.2 Å². The van der Waals surface area contributed by atoms with E-state index in [1.54, 1.807) is 6.08 Å². The molecule has 4 nitrogen and oxygen atoms in total. The smallest absolute Gasteiger partial charge is 0.227 e. The van der Waals surface area contributed by atoms with Crippen molar-refractivity contribution in [3.8, 4) is 0 Å². The fourth-order valence-corrected chi connectivity index (χ4v) is 2.97. The van der Waals surface area contributed by atoms with E-state index in [9.17, 15) is 9.59 Å². The highest BCUT2D eigenvalue weighted by Crippen LogP contribution is 2.31. The summed E-state index contributed by atoms with van der Waals surface area (Å²) < 4.78 is 0. The number of hydrogen-bond acceptors (Lipinski definition) is 2. The lowest BCUT2D eigenvalue weighted by Gasteiger charge is -2.40. The van der Waals surface area contributed by atoms with Gasteiger partial charge in [-0.2, -0.15) is 0 Å². The van der Waals surface area contributed by atoms with Gasteiger partial charge in [-0.05, 0) is 18.3 Å². The molecule has 0 saturated carbocycles. The van der Waals surface area contributed by atoms with Gasteiger partial charge in [-0.3, -0.25) is 9.59 Å². The van der Waals surface area contributed by atoms with Gasteiger partial charge in [-0.25, -0.2) is 0 Å². The molecule has 1 N–H and O–H groups in total. The van der Waals surface area contributed by atoms with Crippen molar-refractivity contribution in [3.63, 3.8) is 0 Å². The van der Waals surface area contributed by atoms with E-state index in [0.717, 1.165) is 25.9 Å². The van der Waals surface area contributed by atoms with Gasteiger partial charge in [-0.15, -0.1) is 6.58 Å². The van der Waals surface area contributed by atoms with E-state index in [0.29, 0.717) is 24.8 Å². The molecule has 1 rings (SSSR count). The lowest BCUT2D eigenvalue weighted by Crippen LogP contribution is -2.48. The number of carbonyl (C=O) groups excluding carboxylic acids is 2. The maximum absolute atomic E-state index is 12.4. The number of nitrogens with one attached hydrogen (secondary N) is 1. The van der Waals surface area contributed by atoms with E-state index in [4.69, 9.17) is 0 Å². The van der Waals surface area contributed by atoms with Crippen LogP contribution in [0.15, 0.2) is 12.7 Å². The SMILES string of the molecule is C=CCNC(=O)C[C@@H]1CCN(C(=O)C(C)(C)C)C[C@@H]1CC. The van der Waals surface area contributed by atoms with Crippen LogP contribution in [0.1, 0.15) is 47.0 Å². The highest BCUT2D eigenvalue weighted by atomic mass is 16.2. The topological polar surface area (TPSA) is 49.4 Å². The summed E-state index contributed by atoms with van der Waals surface area (Å²) in [6.07, 6.45) is 4.18. The first-order valence-electron chi connectivity index (χ1n) is 7.96. The Kier molecular flexibility index (Phi) is 6.43. The minimum absolute atomic E-state index is 0.0916. The van der Waals surface area contributed by atoms with Gasteiger partial charge in [0.15, 0.2) is 0 Å².